The minimum Gasteiger partial charge on any atom is -0.491 e. The van der Waals surface area contributed by atoms with Gasteiger partial charge in [-0.3, -0.25) is 0 Å². The third kappa shape index (κ3) is 4.84. The Morgan fingerprint density at radius 1 is 1.22 bits per heavy atom. The molecule has 2 heterocycles. The summed E-state index contributed by atoms with van der Waals surface area (Å²) in [6.45, 7) is 6.67. The van der Waals surface area contributed by atoms with Gasteiger partial charge < -0.3 is 19.7 Å². The third-order valence-corrected chi connectivity index (χ3v) is 6.20. The molecule has 1 atom stereocenters. The second-order valence-electron chi connectivity index (χ2n) is 8.72. The van der Waals surface area contributed by atoms with Crippen LogP contribution in [0.1, 0.15) is 42.0 Å². The van der Waals surface area contributed by atoms with E-state index in [2.05, 4.69) is 17.4 Å². The Balaban J connectivity index is 1.71. The molecule has 4 rings (SSSR count). The van der Waals surface area contributed by atoms with Gasteiger partial charge in [0.1, 0.15) is 24.2 Å². The number of aromatic nitrogens is 3. The highest BCUT2D eigenvalue weighted by Gasteiger charge is 2.24. The van der Waals surface area contributed by atoms with E-state index in [0.29, 0.717) is 24.0 Å². The van der Waals surface area contributed by atoms with Crippen molar-refractivity contribution < 1.29 is 14.4 Å². The van der Waals surface area contributed by atoms with Crippen LogP contribution in [0.2, 0.25) is 0 Å². The standard InChI is InChI=1S/C25H32N4O3/c1-15-22(11-18-7-5-8-18)27-25(28-24(15)23-16(2)29-32-17(23)3)19-9-6-10-21(12-19)31-14-20(30)13-26-4/h6,9-10,12,18,20,26,30H,5,7-8,11,13-14H2,1-4H3. The van der Waals surface area contributed by atoms with E-state index in [9.17, 15) is 5.11 Å². The van der Waals surface area contributed by atoms with Gasteiger partial charge in [0.15, 0.2) is 5.82 Å². The smallest absolute Gasteiger partial charge is 0.160 e. The summed E-state index contributed by atoms with van der Waals surface area (Å²) in [5.74, 6) is 2.81. The quantitative estimate of drug-likeness (QED) is 0.523. The van der Waals surface area contributed by atoms with Crippen molar-refractivity contribution in [3.63, 3.8) is 0 Å². The largest absolute Gasteiger partial charge is 0.491 e. The molecule has 0 spiro atoms. The van der Waals surface area contributed by atoms with Gasteiger partial charge in [0.2, 0.25) is 0 Å². The molecule has 0 radical (unpaired) electrons. The first kappa shape index (κ1) is 22.4. The Bertz CT molecular complexity index is 1060. The molecule has 0 saturated heterocycles. The predicted octanol–water partition coefficient (Wildman–Crippen LogP) is 4.03. The average molecular weight is 437 g/mol. The summed E-state index contributed by atoms with van der Waals surface area (Å²) >= 11 is 0. The van der Waals surface area contributed by atoms with Crippen molar-refractivity contribution in [2.75, 3.05) is 20.2 Å². The fourth-order valence-electron chi connectivity index (χ4n) is 4.14. The second-order valence-corrected chi connectivity index (χ2v) is 8.72. The topological polar surface area (TPSA) is 93.3 Å². The molecule has 170 valence electrons. The van der Waals surface area contributed by atoms with Crippen molar-refractivity contribution in [2.24, 2.45) is 5.92 Å². The summed E-state index contributed by atoms with van der Waals surface area (Å²) in [4.78, 5) is 9.94. The van der Waals surface area contributed by atoms with Crippen molar-refractivity contribution in [2.45, 2.75) is 52.6 Å². The lowest BCUT2D eigenvalue weighted by Gasteiger charge is -2.26. The van der Waals surface area contributed by atoms with E-state index in [4.69, 9.17) is 19.2 Å². The maximum atomic E-state index is 9.94. The Kier molecular flexibility index (Phi) is 6.86. The molecule has 7 nitrogen and oxygen atoms in total. The molecule has 32 heavy (non-hydrogen) atoms. The summed E-state index contributed by atoms with van der Waals surface area (Å²) in [5, 5.41) is 17.0. The first-order valence-electron chi connectivity index (χ1n) is 11.3. The molecular weight excluding hydrogens is 404 g/mol. The van der Waals surface area contributed by atoms with Gasteiger partial charge in [-0.05, 0) is 57.9 Å². The van der Waals surface area contributed by atoms with Gasteiger partial charge in [0, 0.05) is 17.8 Å². The van der Waals surface area contributed by atoms with Crippen LogP contribution in [0.25, 0.3) is 22.6 Å². The highest BCUT2D eigenvalue weighted by Crippen LogP contribution is 2.35. The van der Waals surface area contributed by atoms with Gasteiger partial charge in [-0.1, -0.05) is 36.6 Å². The van der Waals surface area contributed by atoms with Crippen molar-refractivity contribution >= 4 is 0 Å². The van der Waals surface area contributed by atoms with Crippen LogP contribution in [0.3, 0.4) is 0 Å². The number of aryl methyl sites for hydroxylation is 2. The minimum absolute atomic E-state index is 0.219. The van der Waals surface area contributed by atoms with E-state index in [0.717, 1.165) is 46.0 Å². The number of hydrogen-bond acceptors (Lipinski definition) is 7. The lowest BCUT2D eigenvalue weighted by Crippen LogP contribution is -2.29. The molecule has 2 N–H and O–H groups in total. The molecular formula is C25H32N4O3. The van der Waals surface area contributed by atoms with Crippen LogP contribution >= 0.6 is 0 Å². The summed E-state index contributed by atoms with van der Waals surface area (Å²) in [6, 6.07) is 7.74. The molecule has 0 bridgehead atoms. The number of nitrogens with one attached hydrogen (secondary N) is 1. The Morgan fingerprint density at radius 2 is 2.03 bits per heavy atom. The lowest BCUT2D eigenvalue weighted by atomic mass is 9.81. The zero-order valence-electron chi connectivity index (χ0n) is 19.3. The van der Waals surface area contributed by atoms with Gasteiger partial charge in [0.25, 0.3) is 0 Å². The van der Waals surface area contributed by atoms with Gasteiger partial charge >= 0.3 is 0 Å². The van der Waals surface area contributed by atoms with Crippen molar-refractivity contribution in [1.82, 2.24) is 20.4 Å². The number of benzene rings is 1. The van der Waals surface area contributed by atoms with Gasteiger partial charge in [-0.15, -0.1) is 0 Å². The number of nitrogens with zero attached hydrogens (tertiary/aromatic N) is 3. The van der Waals surface area contributed by atoms with Gasteiger partial charge in [0.05, 0.1) is 17.0 Å². The highest BCUT2D eigenvalue weighted by molar-refractivity contribution is 5.71. The van der Waals surface area contributed by atoms with Crippen LogP contribution in [0.5, 0.6) is 5.75 Å². The van der Waals surface area contributed by atoms with Crippen molar-refractivity contribution in [1.29, 1.82) is 0 Å². The number of aliphatic hydroxyl groups is 1. The summed E-state index contributed by atoms with van der Waals surface area (Å²) in [7, 11) is 1.80. The monoisotopic (exact) mass is 436 g/mol. The second kappa shape index (κ2) is 9.79. The van der Waals surface area contributed by atoms with E-state index in [-0.39, 0.29) is 6.61 Å². The van der Waals surface area contributed by atoms with Crippen LogP contribution in [0.15, 0.2) is 28.8 Å². The summed E-state index contributed by atoms with van der Waals surface area (Å²) in [6.07, 6.45) is 4.22. The van der Waals surface area contributed by atoms with Crippen LogP contribution in [-0.4, -0.2) is 46.5 Å². The number of likely N-dealkylation sites (N-methyl/N-ethyl adjacent to an activating group) is 1. The molecule has 0 amide bonds. The Morgan fingerprint density at radius 3 is 2.69 bits per heavy atom. The first-order valence-corrected chi connectivity index (χ1v) is 11.3. The Hall–Kier alpha value is -2.77. The van der Waals surface area contributed by atoms with Gasteiger partial charge in [-0.2, -0.15) is 0 Å². The summed E-state index contributed by atoms with van der Waals surface area (Å²) < 4.78 is 11.2. The molecule has 1 aliphatic carbocycles. The summed E-state index contributed by atoms with van der Waals surface area (Å²) in [5.41, 5.74) is 5.73. The molecule has 1 fully saturated rings. The molecule has 1 unspecified atom stereocenters. The van der Waals surface area contributed by atoms with E-state index in [1.54, 1.807) is 7.05 Å². The molecule has 1 aromatic carbocycles. The highest BCUT2D eigenvalue weighted by atomic mass is 16.5. The zero-order chi connectivity index (χ0) is 22.7. The Labute approximate surface area is 189 Å². The average Bonchev–Trinajstić information content (AvgIpc) is 3.08. The maximum absolute atomic E-state index is 9.94. The van der Waals surface area contributed by atoms with Crippen molar-refractivity contribution in [3.05, 3.63) is 47.0 Å². The normalized spacial score (nSPS) is 14.9. The van der Waals surface area contributed by atoms with E-state index in [1.807, 2.05) is 38.1 Å². The first-order chi connectivity index (χ1) is 15.5. The minimum atomic E-state index is -0.570. The molecule has 7 heteroatoms. The maximum Gasteiger partial charge on any atom is 0.160 e. The van der Waals surface area contributed by atoms with Gasteiger partial charge in [-0.25, -0.2) is 9.97 Å². The van der Waals surface area contributed by atoms with Crippen LogP contribution in [0.4, 0.5) is 0 Å². The fourth-order valence-corrected chi connectivity index (χ4v) is 4.14. The van der Waals surface area contributed by atoms with Crippen molar-refractivity contribution in [3.8, 4) is 28.4 Å². The number of rotatable bonds is 9. The lowest BCUT2D eigenvalue weighted by molar-refractivity contribution is 0.108. The molecule has 1 saturated carbocycles. The number of ether oxygens (including phenoxy) is 1. The van der Waals surface area contributed by atoms with E-state index >= 15 is 0 Å². The molecule has 3 aromatic rings. The van der Waals surface area contributed by atoms with Crippen LogP contribution in [-0.2, 0) is 6.42 Å². The third-order valence-electron chi connectivity index (χ3n) is 6.20. The van der Waals surface area contributed by atoms with E-state index in [1.165, 1.54) is 19.3 Å². The van der Waals surface area contributed by atoms with Crippen LogP contribution < -0.4 is 10.1 Å². The van der Waals surface area contributed by atoms with Crippen LogP contribution in [0, 0.1) is 26.7 Å². The molecule has 1 aliphatic rings. The SMILES string of the molecule is CNCC(O)COc1cccc(-c2nc(CC3CCC3)c(C)c(-c3c(C)noc3C)n2)c1. The zero-order valence-corrected chi connectivity index (χ0v) is 19.3. The molecule has 0 aliphatic heterocycles. The number of hydrogen-bond donors (Lipinski definition) is 2. The number of aliphatic hydroxyl groups excluding tert-OH is 1. The van der Waals surface area contributed by atoms with E-state index < -0.39 is 6.10 Å². The molecule has 2 aromatic heterocycles. The fraction of sp³-hybridized carbons (Fsp3) is 0.480. The predicted molar refractivity (Wildman–Crippen MR) is 124 cm³/mol.